The number of hydrogen-bond donors (Lipinski definition) is 0. The summed E-state index contributed by atoms with van der Waals surface area (Å²) in [6, 6.07) is 1.38. The van der Waals surface area contributed by atoms with Gasteiger partial charge in [-0.3, -0.25) is 0 Å². The maximum atomic E-state index is 5.13. The molecule has 0 heterocycles. The first-order valence-corrected chi connectivity index (χ1v) is 6.98. The molecular formula is C10H24OSi. The van der Waals surface area contributed by atoms with Crippen molar-refractivity contribution in [1.82, 2.24) is 0 Å². The molecule has 0 aromatic carbocycles. The number of hydrogen-bond acceptors (Lipinski definition) is 1. The van der Waals surface area contributed by atoms with Gasteiger partial charge in [-0.2, -0.15) is 0 Å². The fraction of sp³-hybridized carbons (Fsp3) is 1.00. The summed E-state index contributed by atoms with van der Waals surface area (Å²) >= 11 is 0. The van der Waals surface area contributed by atoms with E-state index in [0.29, 0.717) is 0 Å². The van der Waals surface area contributed by atoms with Crippen molar-refractivity contribution in [2.24, 2.45) is 0 Å². The third-order valence-electron chi connectivity index (χ3n) is 2.20. The molecule has 1 nitrogen and oxygen atoms in total. The van der Waals surface area contributed by atoms with Crippen LogP contribution in [-0.2, 0) is 4.43 Å². The van der Waals surface area contributed by atoms with E-state index in [1.54, 1.807) is 0 Å². The van der Waals surface area contributed by atoms with Gasteiger partial charge in [-0.15, -0.1) is 0 Å². The van der Waals surface area contributed by atoms with E-state index < -0.39 is 0 Å². The first kappa shape index (κ1) is 12.2. The average molecular weight is 188 g/mol. The Morgan fingerprint density at radius 3 is 2.08 bits per heavy atom. The maximum absolute atomic E-state index is 5.13. The van der Waals surface area contributed by atoms with E-state index in [1.165, 1.54) is 51.0 Å². The second-order valence-electron chi connectivity index (χ2n) is 3.47. The Bertz CT molecular complexity index is 66.2. The van der Waals surface area contributed by atoms with E-state index >= 15 is 0 Å². The standard InChI is InChI=1S/C10H24OSi/c1-3-4-5-6-7-8-9-10-12-11-2/h3-10,12H2,1-2H3. The Labute approximate surface area is 79.8 Å². The lowest BCUT2D eigenvalue weighted by Gasteiger charge is -1.99. The average Bonchev–Trinajstić information content (AvgIpc) is 2.10. The predicted octanol–water partition coefficient (Wildman–Crippen LogP) is 2.89. The summed E-state index contributed by atoms with van der Waals surface area (Å²) in [5.41, 5.74) is 0. The van der Waals surface area contributed by atoms with Gasteiger partial charge in [-0.25, -0.2) is 0 Å². The van der Waals surface area contributed by atoms with Crippen LogP contribution < -0.4 is 0 Å². The molecule has 0 saturated carbocycles. The van der Waals surface area contributed by atoms with E-state index in [9.17, 15) is 0 Å². The molecule has 0 unspecified atom stereocenters. The molecule has 0 aromatic heterocycles. The monoisotopic (exact) mass is 188 g/mol. The summed E-state index contributed by atoms with van der Waals surface area (Å²) in [5.74, 6) is 0. The zero-order valence-corrected chi connectivity index (χ0v) is 10.2. The van der Waals surface area contributed by atoms with Crippen LogP contribution in [0.25, 0.3) is 0 Å². The molecule has 0 bridgehead atoms. The largest absolute Gasteiger partial charge is 0.427 e. The first-order valence-electron chi connectivity index (χ1n) is 5.40. The molecule has 0 fully saturated rings. The molecule has 74 valence electrons. The van der Waals surface area contributed by atoms with Crippen molar-refractivity contribution in [3.63, 3.8) is 0 Å². The summed E-state index contributed by atoms with van der Waals surface area (Å²) < 4.78 is 5.13. The molecular weight excluding hydrogens is 164 g/mol. The minimum Gasteiger partial charge on any atom is -0.427 e. The lowest BCUT2D eigenvalue weighted by atomic mass is 10.1. The van der Waals surface area contributed by atoms with Gasteiger partial charge in [0.05, 0.1) is 0 Å². The van der Waals surface area contributed by atoms with Crippen LogP contribution in [-0.4, -0.2) is 16.9 Å². The quantitative estimate of drug-likeness (QED) is 0.399. The third kappa shape index (κ3) is 10.2. The Kier molecular flexibility index (Phi) is 11.3. The molecule has 0 aliphatic rings. The highest BCUT2D eigenvalue weighted by molar-refractivity contribution is 6.26. The lowest BCUT2D eigenvalue weighted by molar-refractivity contribution is 0.438. The second-order valence-corrected chi connectivity index (χ2v) is 5.16. The van der Waals surface area contributed by atoms with Gasteiger partial charge in [0.1, 0.15) is 0 Å². The van der Waals surface area contributed by atoms with Crippen LogP contribution in [0, 0.1) is 0 Å². The normalized spacial score (nSPS) is 11.5. The zero-order valence-electron chi connectivity index (χ0n) is 8.77. The highest BCUT2D eigenvalue weighted by Gasteiger charge is 1.90. The Morgan fingerprint density at radius 2 is 1.50 bits per heavy atom. The molecule has 0 aliphatic carbocycles. The van der Waals surface area contributed by atoms with Crippen molar-refractivity contribution in [1.29, 1.82) is 0 Å². The van der Waals surface area contributed by atoms with E-state index in [4.69, 9.17) is 4.43 Å². The molecule has 0 atom stereocenters. The smallest absolute Gasteiger partial charge is 0.161 e. The van der Waals surface area contributed by atoms with Crippen LogP contribution >= 0.6 is 0 Å². The van der Waals surface area contributed by atoms with Gasteiger partial charge in [0.15, 0.2) is 9.76 Å². The predicted molar refractivity (Wildman–Crippen MR) is 58.4 cm³/mol. The van der Waals surface area contributed by atoms with Gasteiger partial charge in [-0.1, -0.05) is 51.9 Å². The van der Waals surface area contributed by atoms with Gasteiger partial charge in [0, 0.05) is 7.11 Å². The minimum atomic E-state index is -0.122. The molecule has 0 N–H and O–H groups in total. The highest BCUT2D eigenvalue weighted by atomic mass is 28.2. The van der Waals surface area contributed by atoms with Crippen molar-refractivity contribution in [3.05, 3.63) is 0 Å². The summed E-state index contributed by atoms with van der Waals surface area (Å²) in [4.78, 5) is 0. The summed E-state index contributed by atoms with van der Waals surface area (Å²) in [7, 11) is 1.72. The molecule has 0 saturated heterocycles. The number of rotatable bonds is 9. The van der Waals surface area contributed by atoms with Crippen molar-refractivity contribution in [3.8, 4) is 0 Å². The topological polar surface area (TPSA) is 9.23 Å². The van der Waals surface area contributed by atoms with E-state index in [2.05, 4.69) is 6.92 Å². The van der Waals surface area contributed by atoms with Gasteiger partial charge >= 0.3 is 0 Å². The summed E-state index contributed by atoms with van der Waals surface area (Å²) in [6.07, 6.45) is 9.95. The van der Waals surface area contributed by atoms with Gasteiger partial charge in [0.25, 0.3) is 0 Å². The van der Waals surface area contributed by atoms with E-state index in [-0.39, 0.29) is 9.76 Å². The van der Waals surface area contributed by atoms with Gasteiger partial charge < -0.3 is 4.43 Å². The van der Waals surface area contributed by atoms with Crippen LogP contribution in [0.3, 0.4) is 0 Å². The van der Waals surface area contributed by atoms with Crippen LogP contribution in [0.5, 0.6) is 0 Å². The first-order chi connectivity index (χ1) is 5.91. The molecule has 0 aliphatic heterocycles. The van der Waals surface area contributed by atoms with E-state index in [1.807, 2.05) is 7.11 Å². The molecule has 0 amide bonds. The van der Waals surface area contributed by atoms with Crippen molar-refractivity contribution in [2.45, 2.75) is 57.9 Å². The lowest BCUT2D eigenvalue weighted by Crippen LogP contribution is -1.91. The van der Waals surface area contributed by atoms with Gasteiger partial charge in [-0.05, 0) is 6.04 Å². The van der Waals surface area contributed by atoms with E-state index in [0.717, 1.165) is 0 Å². The molecule has 2 heteroatoms. The highest BCUT2D eigenvalue weighted by Crippen LogP contribution is 2.07. The van der Waals surface area contributed by atoms with Crippen molar-refractivity contribution < 1.29 is 4.43 Å². The van der Waals surface area contributed by atoms with Crippen molar-refractivity contribution >= 4 is 9.76 Å². The van der Waals surface area contributed by atoms with Crippen molar-refractivity contribution in [2.75, 3.05) is 7.11 Å². The second kappa shape index (κ2) is 11.2. The zero-order chi connectivity index (χ0) is 9.07. The number of unbranched alkanes of at least 4 members (excludes halogenated alkanes) is 6. The molecule has 0 rings (SSSR count). The molecule has 0 spiro atoms. The van der Waals surface area contributed by atoms with Gasteiger partial charge in [0.2, 0.25) is 0 Å². The third-order valence-corrected chi connectivity index (χ3v) is 3.40. The minimum absolute atomic E-state index is 0.122. The summed E-state index contributed by atoms with van der Waals surface area (Å²) in [5, 5.41) is 0. The maximum Gasteiger partial charge on any atom is 0.161 e. The van der Waals surface area contributed by atoms with Crippen LogP contribution in [0.4, 0.5) is 0 Å². The molecule has 0 aromatic rings. The molecule has 0 radical (unpaired) electrons. The summed E-state index contributed by atoms with van der Waals surface area (Å²) in [6.45, 7) is 2.27. The van der Waals surface area contributed by atoms with Crippen LogP contribution in [0.1, 0.15) is 51.9 Å². The Morgan fingerprint density at radius 1 is 0.917 bits per heavy atom. The van der Waals surface area contributed by atoms with Crippen LogP contribution in [0.2, 0.25) is 6.04 Å². The van der Waals surface area contributed by atoms with Crippen LogP contribution in [0.15, 0.2) is 0 Å². The fourth-order valence-corrected chi connectivity index (χ4v) is 2.23. The fourth-order valence-electron chi connectivity index (χ4n) is 1.38. The SMILES string of the molecule is CCCCCCCCC[SiH2]OC. The Hall–Kier alpha value is 0.177. The molecule has 12 heavy (non-hydrogen) atoms. The Balaban J connectivity index is 2.73.